The summed E-state index contributed by atoms with van der Waals surface area (Å²) in [5.74, 6) is 0.108. The highest BCUT2D eigenvalue weighted by atomic mass is 16.4. The first-order chi connectivity index (χ1) is 7.92. The molecule has 1 aliphatic heterocycles. The third-order valence-corrected chi connectivity index (χ3v) is 3.72. The Morgan fingerprint density at radius 2 is 2.18 bits per heavy atom. The molecule has 4 nitrogen and oxygen atoms in total. The van der Waals surface area contributed by atoms with Crippen molar-refractivity contribution in [2.24, 2.45) is 11.3 Å². The smallest absolute Gasteiger partial charge is 0.309 e. The highest BCUT2D eigenvalue weighted by molar-refractivity contribution is 5.73. The number of carboxylic acid groups (broad SMARTS) is 1. The average molecular weight is 242 g/mol. The molecule has 1 unspecified atom stereocenters. The highest BCUT2D eigenvalue weighted by Gasteiger charge is 2.26. The fraction of sp³-hybridized carbons (Fsp3) is 0.923. The Bertz CT molecular complexity index is 254. The van der Waals surface area contributed by atoms with Gasteiger partial charge in [0.15, 0.2) is 0 Å². The number of nitrogens with one attached hydrogen (secondary N) is 1. The quantitative estimate of drug-likeness (QED) is 0.663. The van der Waals surface area contributed by atoms with E-state index in [1.54, 1.807) is 13.8 Å². The van der Waals surface area contributed by atoms with Crippen molar-refractivity contribution in [1.29, 1.82) is 0 Å². The fourth-order valence-corrected chi connectivity index (χ4v) is 2.20. The molecule has 1 atom stereocenters. The van der Waals surface area contributed by atoms with Crippen LogP contribution in [0.15, 0.2) is 0 Å². The molecule has 1 saturated heterocycles. The molecular formula is C13H26N2O2. The van der Waals surface area contributed by atoms with Crippen molar-refractivity contribution < 1.29 is 9.90 Å². The number of carboxylic acids is 1. The lowest BCUT2D eigenvalue weighted by atomic mass is 9.90. The van der Waals surface area contributed by atoms with Crippen LogP contribution in [0.4, 0.5) is 0 Å². The minimum atomic E-state index is -0.711. The lowest BCUT2D eigenvalue weighted by Gasteiger charge is -2.19. The van der Waals surface area contributed by atoms with E-state index in [4.69, 9.17) is 5.11 Å². The van der Waals surface area contributed by atoms with Gasteiger partial charge in [-0.1, -0.05) is 0 Å². The summed E-state index contributed by atoms with van der Waals surface area (Å²) < 4.78 is 0. The minimum Gasteiger partial charge on any atom is -0.481 e. The number of carbonyl (C=O) groups is 1. The summed E-state index contributed by atoms with van der Waals surface area (Å²) in [6.45, 7) is 7.79. The molecule has 0 amide bonds. The van der Waals surface area contributed by atoms with Gasteiger partial charge in [-0.2, -0.15) is 0 Å². The van der Waals surface area contributed by atoms with Crippen LogP contribution in [-0.4, -0.2) is 49.2 Å². The number of nitrogens with zero attached hydrogens (tertiary/aromatic N) is 1. The normalized spacial score (nSPS) is 21.9. The van der Waals surface area contributed by atoms with Crippen LogP contribution in [0.2, 0.25) is 0 Å². The third kappa shape index (κ3) is 5.04. The molecule has 0 aromatic rings. The van der Waals surface area contributed by atoms with Crippen LogP contribution in [0.5, 0.6) is 0 Å². The molecule has 4 heteroatoms. The number of rotatable bonds is 7. The summed E-state index contributed by atoms with van der Waals surface area (Å²) in [4.78, 5) is 13.3. The maximum absolute atomic E-state index is 10.9. The van der Waals surface area contributed by atoms with Crippen molar-refractivity contribution in [1.82, 2.24) is 10.2 Å². The first kappa shape index (κ1) is 14.5. The molecule has 100 valence electrons. The van der Waals surface area contributed by atoms with Crippen molar-refractivity contribution in [3.8, 4) is 0 Å². The molecule has 0 saturated carbocycles. The maximum atomic E-state index is 10.9. The molecule has 17 heavy (non-hydrogen) atoms. The van der Waals surface area contributed by atoms with Gasteiger partial charge in [0.05, 0.1) is 5.41 Å². The summed E-state index contributed by atoms with van der Waals surface area (Å²) in [5.41, 5.74) is -0.611. The maximum Gasteiger partial charge on any atom is 0.309 e. The number of likely N-dealkylation sites (tertiary alicyclic amines) is 1. The van der Waals surface area contributed by atoms with Gasteiger partial charge >= 0.3 is 5.97 Å². The van der Waals surface area contributed by atoms with Crippen LogP contribution in [0.1, 0.15) is 33.1 Å². The Kier molecular flexibility index (Phi) is 5.40. The number of aliphatic carboxylic acids is 1. The third-order valence-electron chi connectivity index (χ3n) is 3.72. The van der Waals surface area contributed by atoms with E-state index in [0.717, 1.165) is 19.0 Å². The predicted molar refractivity (Wildman–Crippen MR) is 69.1 cm³/mol. The number of hydrogen-bond acceptors (Lipinski definition) is 3. The molecule has 0 spiro atoms. The molecule has 1 fully saturated rings. The topological polar surface area (TPSA) is 52.6 Å². The van der Waals surface area contributed by atoms with Gasteiger partial charge in [0.2, 0.25) is 0 Å². The zero-order valence-electron chi connectivity index (χ0n) is 11.3. The standard InChI is InChI=1S/C13H26N2O2/c1-13(2,12(16)17)6-8-14-7-4-11-5-9-15(3)10-11/h11,14H,4-10H2,1-3H3,(H,16,17). The molecule has 2 N–H and O–H groups in total. The van der Waals surface area contributed by atoms with Crippen LogP contribution >= 0.6 is 0 Å². The average Bonchev–Trinajstić information content (AvgIpc) is 2.63. The fourth-order valence-electron chi connectivity index (χ4n) is 2.20. The van der Waals surface area contributed by atoms with Gasteiger partial charge < -0.3 is 15.3 Å². The molecule has 1 heterocycles. The second-order valence-electron chi connectivity index (χ2n) is 5.89. The summed E-state index contributed by atoms with van der Waals surface area (Å²) in [5, 5.41) is 12.3. The molecule has 0 aliphatic carbocycles. The Hall–Kier alpha value is -0.610. The summed E-state index contributed by atoms with van der Waals surface area (Å²) >= 11 is 0. The zero-order valence-corrected chi connectivity index (χ0v) is 11.3. The monoisotopic (exact) mass is 242 g/mol. The van der Waals surface area contributed by atoms with Gasteiger partial charge in [-0.3, -0.25) is 4.79 Å². The second-order valence-corrected chi connectivity index (χ2v) is 5.89. The molecule has 0 aromatic carbocycles. The first-order valence-electron chi connectivity index (χ1n) is 6.54. The highest BCUT2D eigenvalue weighted by Crippen LogP contribution is 2.20. The van der Waals surface area contributed by atoms with E-state index in [1.807, 2.05) is 0 Å². The predicted octanol–water partition coefficient (Wildman–Crippen LogP) is 1.42. The molecule has 0 aromatic heterocycles. The molecule has 1 aliphatic rings. The van der Waals surface area contributed by atoms with Crippen LogP contribution < -0.4 is 5.32 Å². The minimum absolute atomic E-state index is 0.611. The molecule has 1 rings (SSSR count). The zero-order chi connectivity index (χ0) is 12.9. The van der Waals surface area contributed by atoms with Crippen molar-refractivity contribution in [3.63, 3.8) is 0 Å². The SMILES string of the molecule is CN1CCC(CCNCCC(C)(C)C(=O)O)C1. The first-order valence-corrected chi connectivity index (χ1v) is 6.54. The Morgan fingerprint density at radius 3 is 2.71 bits per heavy atom. The van der Waals surface area contributed by atoms with Crippen LogP contribution in [0.25, 0.3) is 0 Å². The Balaban J connectivity index is 2.03. The molecular weight excluding hydrogens is 216 g/mol. The van der Waals surface area contributed by atoms with E-state index in [-0.39, 0.29) is 0 Å². The second kappa shape index (κ2) is 6.36. The lowest BCUT2D eigenvalue weighted by molar-refractivity contribution is -0.147. The summed E-state index contributed by atoms with van der Waals surface area (Å²) in [6.07, 6.45) is 3.20. The van der Waals surface area contributed by atoms with Gasteiger partial charge in [0.25, 0.3) is 0 Å². The summed E-state index contributed by atoms with van der Waals surface area (Å²) in [7, 11) is 2.17. The molecule has 0 radical (unpaired) electrons. The van der Waals surface area contributed by atoms with E-state index in [1.165, 1.54) is 25.9 Å². The van der Waals surface area contributed by atoms with Crippen molar-refractivity contribution >= 4 is 5.97 Å². The van der Waals surface area contributed by atoms with Crippen LogP contribution in [0.3, 0.4) is 0 Å². The van der Waals surface area contributed by atoms with Gasteiger partial charge in [0.1, 0.15) is 0 Å². The van der Waals surface area contributed by atoms with E-state index in [2.05, 4.69) is 17.3 Å². The van der Waals surface area contributed by atoms with Gasteiger partial charge in [-0.25, -0.2) is 0 Å². The van der Waals surface area contributed by atoms with Crippen molar-refractivity contribution in [2.75, 3.05) is 33.2 Å². The molecule has 0 bridgehead atoms. The van der Waals surface area contributed by atoms with Crippen LogP contribution in [-0.2, 0) is 4.79 Å². The van der Waals surface area contributed by atoms with Crippen molar-refractivity contribution in [2.45, 2.75) is 33.1 Å². The Morgan fingerprint density at radius 1 is 1.47 bits per heavy atom. The lowest BCUT2D eigenvalue weighted by Crippen LogP contribution is -2.30. The van der Waals surface area contributed by atoms with E-state index >= 15 is 0 Å². The van der Waals surface area contributed by atoms with E-state index in [0.29, 0.717) is 6.42 Å². The van der Waals surface area contributed by atoms with Gasteiger partial charge in [-0.15, -0.1) is 0 Å². The van der Waals surface area contributed by atoms with Gasteiger partial charge in [-0.05, 0) is 65.7 Å². The summed E-state index contributed by atoms with van der Waals surface area (Å²) in [6, 6.07) is 0. The van der Waals surface area contributed by atoms with E-state index < -0.39 is 11.4 Å². The van der Waals surface area contributed by atoms with E-state index in [9.17, 15) is 4.79 Å². The van der Waals surface area contributed by atoms with Crippen molar-refractivity contribution in [3.05, 3.63) is 0 Å². The largest absolute Gasteiger partial charge is 0.481 e. The number of hydrogen-bond donors (Lipinski definition) is 2. The van der Waals surface area contributed by atoms with Crippen LogP contribution in [0, 0.1) is 11.3 Å². The Labute approximate surface area is 104 Å². The van der Waals surface area contributed by atoms with Gasteiger partial charge in [0, 0.05) is 6.54 Å².